The van der Waals surface area contributed by atoms with Crippen LogP contribution in [0.1, 0.15) is 18.1 Å². The van der Waals surface area contributed by atoms with Crippen molar-refractivity contribution in [2.75, 3.05) is 7.11 Å². The van der Waals surface area contributed by atoms with Gasteiger partial charge >= 0.3 is 11.9 Å². The number of carbonyl (C=O) groups is 2. The lowest BCUT2D eigenvalue weighted by molar-refractivity contribution is -0.132. The Balaban J connectivity index is 1.98. The fraction of sp³-hybridized carbons (Fsp3) is 0.105. The third-order valence-electron chi connectivity index (χ3n) is 3.47. The summed E-state index contributed by atoms with van der Waals surface area (Å²) in [4.78, 5) is 27.6. The molecule has 6 nitrogen and oxygen atoms in total. The quantitative estimate of drug-likeness (QED) is 0.300. The normalized spacial score (nSPS) is 14.8. The average Bonchev–Trinajstić information content (AvgIpc) is 2.98. The van der Waals surface area contributed by atoms with Crippen molar-refractivity contribution < 1.29 is 23.8 Å². The molecule has 0 aromatic heterocycles. The summed E-state index contributed by atoms with van der Waals surface area (Å²) in [6.45, 7) is 1.32. The van der Waals surface area contributed by atoms with E-state index in [1.54, 1.807) is 18.2 Å². The Labute approximate surface area is 163 Å². The number of cyclic esters (lactones) is 1. The molecule has 0 saturated heterocycles. The van der Waals surface area contributed by atoms with Gasteiger partial charge in [0.15, 0.2) is 17.2 Å². The minimum absolute atomic E-state index is 0.184. The number of hydrogen-bond acceptors (Lipinski definition) is 6. The number of nitrogens with zero attached hydrogens (tertiary/aromatic N) is 1. The summed E-state index contributed by atoms with van der Waals surface area (Å²) in [7, 11) is 1.47. The van der Waals surface area contributed by atoms with Crippen LogP contribution in [0.3, 0.4) is 0 Å². The maximum atomic E-state index is 12.1. The fourth-order valence-electron chi connectivity index (χ4n) is 2.32. The second-order valence-electron chi connectivity index (χ2n) is 5.32. The molecule has 0 fully saturated rings. The van der Waals surface area contributed by atoms with Gasteiger partial charge in [-0.1, -0.05) is 18.2 Å². The van der Waals surface area contributed by atoms with Crippen LogP contribution in [0, 0.1) is 3.57 Å². The molecule has 0 N–H and O–H groups in total. The third kappa shape index (κ3) is 3.93. The van der Waals surface area contributed by atoms with E-state index in [4.69, 9.17) is 14.2 Å². The largest absolute Gasteiger partial charge is 0.493 e. The summed E-state index contributed by atoms with van der Waals surface area (Å²) in [5, 5.41) is 0. The highest BCUT2D eigenvalue weighted by atomic mass is 127. The first-order valence-corrected chi connectivity index (χ1v) is 8.69. The van der Waals surface area contributed by atoms with E-state index in [0.717, 1.165) is 9.13 Å². The van der Waals surface area contributed by atoms with Crippen molar-refractivity contribution in [3.05, 3.63) is 62.9 Å². The molecule has 0 radical (unpaired) electrons. The molecule has 0 amide bonds. The molecule has 0 bridgehead atoms. The van der Waals surface area contributed by atoms with Gasteiger partial charge in [0.05, 0.1) is 7.11 Å². The van der Waals surface area contributed by atoms with E-state index in [0.29, 0.717) is 17.1 Å². The zero-order valence-corrected chi connectivity index (χ0v) is 16.1. The molecule has 1 aliphatic rings. The average molecular weight is 463 g/mol. The number of aliphatic imine (C=N–C) groups is 1. The molecule has 1 aliphatic heterocycles. The molecule has 1 heterocycles. The van der Waals surface area contributed by atoms with Gasteiger partial charge in [0.2, 0.25) is 5.90 Å². The van der Waals surface area contributed by atoms with Gasteiger partial charge in [-0.25, -0.2) is 9.79 Å². The Morgan fingerprint density at radius 2 is 1.92 bits per heavy atom. The predicted octanol–water partition coefficient (Wildman–Crippen LogP) is 3.57. The Bertz CT molecular complexity index is 934. The first-order chi connectivity index (χ1) is 12.5. The molecular weight excluding hydrogens is 449 g/mol. The van der Waals surface area contributed by atoms with Crippen molar-refractivity contribution >= 4 is 46.5 Å². The first-order valence-electron chi connectivity index (χ1n) is 7.62. The van der Waals surface area contributed by atoms with Crippen molar-refractivity contribution in [1.29, 1.82) is 0 Å². The highest BCUT2D eigenvalue weighted by molar-refractivity contribution is 14.1. The van der Waals surface area contributed by atoms with Crippen molar-refractivity contribution in [2.45, 2.75) is 6.92 Å². The number of benzene rings is 2. The summed E-state index contributed by atoms with van der Waals surface area (Å²) in [6.07, 6.45) is 1.61. The Morgan fingerprint density at radius 3 is 2.58 bits per heavy atom. The number of methoxy groups -OCH3 is 1. The molecular formula is C19H14INO5. The summed E-state index contributed by atoms with van der Waals surface area (Å²) in [5.74, 6) is -0.00941. The van der Waals surface area contributed by atoms with E-state index in [9.17, 15) is 9.59 Å². The second kappa shape index (κ2) is 7.69. The lowest BCUT2D eigenvalue weighted by Crippen LogP contribution is -2.05. The zero-order valence-electron chi connectivity index (χ0n) is 14.0. The van der Waals surface area contributed by atoms with E-state index in [-0.39, 0.29) is 11.6 Å². The SMILES string of the molecule is COc1cc(/C=C2/N=C(c3ccccc3)OC2=O)c(I)cc1OC(C)=O. The van der Waals surface area contributed by atoms with Crippen LogP contribution in [-0.2, 0) is 14.3 Å². The Kier molecular flexibility index (Phi) is 5.36. The maximum Gasteiger partial charge on any atom is 0.363 e. The Hall–Kier alpha value is -2.68. The van der Waals surface area contributed by atoms with Gasteiger partial charge in [-0.05, 0) is 58.5 Å². The number of carbonyl (C=O) groups excluding carboxylic acids is 2. The van der Waals surface area contributed by atoms with Crippen LogP contribution in [0.25, 0.3) is 6.08 Å². The third-order valence-corrected chi connectivity index (χ3v) is 4.40. The molecule has 0 atom stereocenters. The van der Waals surface area contributed by atoms with Gasteiger partial charge in [-0.15, -0.1) is 0 Å². The van der Waals surface area contributed by atoms with Gasteiger partial charge in [-0.2, -0.15) is 0 Å². The summed E-state index contributed by atoms with van der Waals surface area (Å²) < 4.78 is 16.4. The van der Waals surface area contributed by atoms with E-state index in [2.05, 4.69) is 27.6 Å². The smallest absolute Gasteiger partial charge is 0.363 e. The molecule has 7 heteroatoms. The van der Waals surface area contributed by atoms with Crippen molar-refractivity contribution in [1.82, 2.24) is 0 Å². The Morgan fingerprint density at radius 1 is 1.19 bits per heavy atom. The molecule has 2 aromatic carbocycles. The second-order valence-corrected chi connectivity index (χ2v) is 6.48. The highest BCUT2D eigenvalue weighted by Gasteiger charge is 2.24. The monoisotopic (exact) mass is 463 g/mol. The number of esters is 2. The van der Waals surface area contributed by atoms with Gasteiger partial charge in [0.1, 0.15) is 0 Å². The van der Waals surface area contributed by atoms with E-state index in [1.165, 1.54) is 14.0 Å². The fourth-order valence-corrected chi connectivity index (χ4v) is 2.91. The van der Waals surface area contributed by atoms with E-state index in [1.807, 2.05) is 30.3 Å². The van der Waals surface area contributed by atoms with Crippen molar-refractivity contribution in [2.24, 2.45) is 4.99 Å². The molecule has 0 aliphatic carbocycles. The lowest BCUT2D eigenvalue weighted by atomic mass is 10.1. The summed E-state index contributed by atoms with van der Waals surface area (Å²) in [6, 6.07) is 12.5. The van der Waals surface area contributed by atoms with E-state index < -0.39 is 11.9 Å². The molecule has 0 saturated carbocycles. The van der Waals surface area contributed by atoms with Crippen LogP contribution in [0.4, 0.5) is 0 Å². The van der Waals surface area contributed by atoms with Gasteiger partial charge < -0.3 is 14.2 Å². The maximum absolute atomic E-state index is 12.1. The van der Waals surface area contributed by atoms with Crippen LogP contribution in [-0.4, -0.2) is 24.9 Å². The minimum Gasteiger partial charge on any atom is -0.493 e. The van der Waals surface area contributed by atoms with Gasteiger partial charge in [0.25, 0.3) is 0 Å². The van der Waals surface area contributed by atoms with E-state index >= 15 is 0 Å². The highest BCUT2D eigenvalue weighted by Crippen LogP contribution is 2.33. The van der Waals surface area contributed by atoms with Crippen molar-refractivity contribution in [3.63, 3.8) is 0 Å². The molecule has 0 spiro atoms. The molecule has 26 heavy (non-hydrogen) atoms. The number of halogens is 1. The topological polar surface area (TPSA) is 74.2 Å². The van der Waals surface area contributed by atoms with Crippen LogP contribution < -0.4 is 9.47 Å². The first kappa shape index (κ1) is 18.1. The minimum atomic E-state index is -0.525. The predicted molar refractivity (Wildman–Crippen MR) is 104 cm³/mol. The summed E-state index contributed by atoms with van der Waals surface area (Å²) >= 11 is 2.08. The molecule has 132 valence electrons. The zero-order chi connectivity index (χ0) is 18.7. The lowest BCUT2D eigenvalue weighted by Gasteiger charge is -2.10. The standard InChI is InChI=1S/C19H14INO5/c1-11(22)25-17-10-14(20)13(9-16(17)24-2)8-15-19(23)26-18(21-15)12-6-4-3-5-7-12/h3-10H,1-2H3/b15-8+. The molecule has 0 unspecified atom stereocenters. The number of rotatable bonds is 4. The molecule has 3 rings (SSSR count). The van der Waals surface area contributed by atoms with Crippen LogP contribution >= 0.6 is 22.6 Å². The van der Waals surface area contributed by atoms with Crippen LogP contribution in [0.2, 0.25) is 0 Å². The van der Waals surface area contributed by atoms with Gasteiger partial charge in [-0.3, -0.25) is 4.79 Å². The van der Waals surface area contributed by atoms with Gasteiger partial charge in [0, 0.05) is 16.1 Å². The molecule has 2 aromatic rings. The number of hydrogen-bond donors (Lipinski definition) is 0. The van der Waals surface area contributed by atoms with Crippen LogP contribution in [0.5, 0.6) is 11.5 Å². The van der Waals surface area contributed by atoms with Crippen molar-refractivity contribution in [3.8, 4) is 11.5 Å². The van der Waals surface area contributed by atoms with Crippen LogP contribution in [0.15, 0.2) is 53.2 Å². The number of ether oxygens (including phenoxy) is 3. The summed E-state index contributed by atoms with van der Waals surface area (Å²) in [5.41, 5.74) is 1.61.